The van der Waals surface area contributed by atoms with Gasteiger partial charge in [0.2, 0.25) is 0 Å². The SMILES string of the molecule is CCCC(C)C(CC)C(=O)C(C)C. The third-order valence-corrected chi connectivity index (χ3v) is 2.81. The minimum atomic E-state index is 0.198. The van der Waals surface area contributed by atoms with Gasteiger partial charge in [-0.25, -0.2) is 0 Å². The lowest BCUT2D eigenvalue weighted by molar-refractivity contribution is -0.127. The van der Waals surface area contributed by atoms with Crippen LogP contribution in [0.2, 0.25) is 0 Å². The summed E-state index contributed by atoms with van der Waals surface area (Å²) in [5, 5.41) is 0. The molecule has 78 valence electrons. The Labute approximate surface area is 82.9 Å². The van der Waals surface area contributed by atoms with Gasteiger partial charge in [-0.2, -0.15) is 0 Å². The van der Waals surface area contributed by atoms with Gasteiger partial charge in [0.25, 0.3) is 0 Å². The largest absolute Gasteiger partial charge is 0.299 e. The first-order chi connectivity index (χ1) is 6.04. The highest BCUT2D eigenvalue weighted by Gasteiger charge is 2.24. The van der Waals surface area contributed by atoms with Crippen molar-refractivity contribution in [3.8, 4) is 0 Å². The van der Waals surface area contributed by atoms with Crippen LogP contribution >= 0.6 is 0 Å². The average Bonchev–Trinajstić information content (AvgIpc) is 2.05. The summed E-state index contributed by atoms with van der Waals surface area (Å²) in [5.74, 6) is 1.50. The van der Waals surface area contributed by atoms with Crippen molar-refractivity contribution < 1.29 is 4.79 Å². The average molecular weight is 184 g/mol. The fraction of sp³-hybridized carbons (Fsp3) is 0.917. The fourth-order valence-corrected chi connectivity index (χ4v) is 1.97. The summed E-state index contributed by atoms with van der Waals surface area (Å²) in [6.07, 6.45) is 3.36. The first-order valence-corrected chi connectivity index (χ1v) is 5.58. The number of ketones is 1. The van der Waals surface area contributed by atoms with E-state index in [2.05, 4.69) is 20.8 Å². The lowest BCUT2D eigenvalue weighted by atomic mass is 9.81. The molecule has 0 radical (unpaired) electrons. The Morgan fingerprint density at radius 1 is 1.15 bits per heavy atom. The fourth-order valence-electron chi connectivity index (χ4n) is 1.97. The van der Waals surface area contributed by atoms with Gasteiger partial charge >= 0.3 is 0 Å². The van der Waals surface area contributed by atoms with E-state index in [0.29, 0.717) is 17.6 Å². The van der Waals surface area contributed by atoms with Gasteiger partial charge in [0, 0.05) is 11.8 Å². The molecular formula is C12H24O. The molecule has 0 bridgehead atoms. The summed E-state index contributed by atoms with van der Waals surface area (Å²) in [4.78, 5) is 11.8. The topological polar surface area (TPSA) is 17.1 Å². The summed E-state index contributed by atoms with van der Waals surface area (Å²) in [6.45, 7) is 10.5. The molecule has 1 nitrogen and oxygen atoms in total. The molecule has 0 aromatic rings. The van der Waals surface area contributed by atoms with Gasteiger partial charge < -0.3 is 0 Å². The Kier molecular flexibility index (Phi) is 6.02. The Hall–Kier alpha value is -0.330. The zero-order valence-corrected chi connectivity index (χ0v) is 9.76. The highest BCUT2D eigenvalue weighted by atomic mass is 16.1. The molecule has 2 atom stereocenters. The van der Waals surface area contributed by atoms with E-state index >= 15 is 0 Å². The summed E-state index contributed by atoms with van der Waals surface area (Å²) in [5.41, 5.74) is 0. The molecule has 0 spiro atoms. The van der Waals surface area contributed by atoms with Crippen LogP contribution in [0.15, 0.2) is 0 Å². The van der Waals surface area contributed by atoms with Crippen LogP contribution < -0.4 is 0 Å². The van der Waals surface area contributed by atoms with Gasteiger partial charge in [0.15, 0.2) is 0 Å². The smallest absolute Gasteiger partial charge is 0.138 e. The van der Waals surface area contributed by atoms with Crippen molar-refractivity contribution >= 4 is 5.78 Å². The van der Waals surface area contributed by atoms with Gasteiger partial charge in [-0.15, -0.1) is 0 Å². The first-order valence-electron chi connectivity index (χ1n) is 5.58. The molecule has 0 heterocycles. The number of hydrogen-bond acceptors (Lipinski definition) is 1. The van der Waals surface area contributed by atoms with Crippen molar-refractivity contribution in [2.75, 3.05) is 0 Å². The molecule has 0 N–H and O–H groups in total. The lowest BCUT2D eigenvalue weighted by Crippen LogP contribution is -2.25. The predicted molar refractivity (Wildman–Crippen MR) is 57.7 cm³/mol. The van der Waals surface area contributed by atoms with E-state index < -0.39 is 0 Å². The van der Waals surface area contributed by atoms with E-state index in [1.54, 1.807) is 0 Å². The van der Waals surface area contributed by atoms with Crippen molar-refractivity contribution in [2.45, 2.75) is 53.9 Å². The molecule has 0 aliphatic heterocycles. The van der Waals surface area contributed by atoms with E-state index in [4.69, 9.17) is 0 Å². The van der Waals surface area contributed by atoms with Gasteiger partial charge in [0.05, 0.1) is 0 Å². The molecule has 0 rings (SSSR count). The highest BCUT2D eigenvalue weighted by molar-refractivity contribution is 5.82. The van der Waals surface area contributed by atoms with Crippen molar-refractivity contribution in [1.29, 1.82) is 0 Å². The summed E-state index contributed by atoms with van der Waals surface area (Å²) >= 11 is 0. The number of rotatable bonds is 6. The van der Waals surface area contributed by atoms with Crippen molar-refractivity contribution in [2.24, 2.45) is 17.8 Å². The lowest BCUT2D eigenvalue weighted by Gasteiger charge is -2.22. The molecule has 0 saturated carbocycles. The second-order valence-electron chi connectivity index (χ2n) is 4.34. The maximum Gasteiger partial charge on any atom is 0.138 e. The quantitative estimate of drug-likeness (QED) is 0.615. The van der Waals surface area contributed by atoms with Crippen LogP contribution in [0.3, 0.4) is 0 Å². The van der Waals surface area contributed by atoms with E-state index in [-0.39, 0.29) is 5.92 Å². The van der Waals surface area contributed by atoms with Gasteiger partial charge in [-0.1, -0.05) is 47.5 Å². The summed E-state index contributed by atoms with van der Waals surface area (Å²) in [6, 6.07) is 0. The molecule has 1 heteroatoms. The second kappa shape index (κ2) is 6.17. The predicted octanol–water partition coefficient (Wildman–Crippen LogP) is 3.67. The van der Waals surface area contributed by atoms with Crippen LogP contribution in [-0.4, -0.2) is 5.78 Å². The van der Waals surface area contributed by atoms with E-state index in [9.17, 15) is 4.79 Å². The minimum Gasteiger partial charge on any atom is -0.299 e. The molecule has 0 fully saturated rings. The Morgan fingerprint density at radius 2 is 1.69 bits per heavy atom. The molecular weight excluding hydrogens is 160 g/mol. The standard InChI is InChI=1S/C12H24O/c1-6-8-10(5)11(7-2)12(13)9(3)4/h9-11H,6-8H2,1-5H3. The highest BCUT2D eigenvalue weighted by Crippen LogP contribution is 2.23. The molecule has 0 amide bonds. The van der Waals surface area contributed by atoms with Crippen molar-refractivity contribution in [3.05, 3.63) is 0 Å². The van der Waals surface area contributed by atoms with Crippen LogP contribution in [0, 0.1) is 17.8 Å². The first kappa shape index (κ1) is 12.7. The third kappa shape index (κ3) is 3.93. The van der Waals surface area contributed by atoms with Gasteiger partial charge in [-0.3, -0.25) is 4.79 Å². The zero-order chi connectivity index (χ0) is 10.4. The van der Waals surface area contributed by atoms with Crippen LogP contribution in [0.5, 0.6) is 0 Å². The number of hydrogen-bond donors (Lipinski definition) is 0. The molecule has 0 saturated heterocycles. The second-order valence-corrected chi connectivity index (χ2v) is 4.34. The van der Waals surface area contributed by atoms with Crippen LogP contribution in [0.1, 0.15) is 53.9 Å². The zero-order valence-electron chi connectivity index (χ0n) is 9.76. The van der Waals surface area contributed by atoms with E-state index in [0.717, 1.165) is 6.42 Å². The maximum absolute atomic E-state index is 11.8. The maximum atomic E-state index is 11.8. The third-order valence-electron chi connectivity index (χ3n) is 2.81. The Morgan fingerprint density at radius 3 is 2.00 bits per heavy atom. The monoisotopic (exact) mass is 184 g/mol. The molecule has 13 heavy (non-hydrogen) atoms. The minimum absolute atomic E-state index is 0.198. The summed E-state index contributed by atoms with van der Waals surface area (Å²) in [7, 11) is 0. The molecule has 2 unspecified atom stereocenters. The Bertz CT molecular complexity index is 149. The van der Waals surface area contributed by atoms with Gasteiger partial charge in [0.1, 0.15) is 5.78 Å². The van der Waals surface area contributed by atoms with Crippen molar-refractivity contribution in [3.63, 3.8) is 0 Å². The molecule has 0 aliphatic carbocycles. The number of carbonyl (C=O) groups excluding carboxylic acids is 1. The van der Waals surface area contributed by atoms with Gasteiger partial charge in [-0.05, 0) is 12.3 Å². The van der Waals surface area contributed by atoms with Crippen LogP contribution in [0.25, 0.3) is 0 Å². The van der Waals surface area contributed by atoms with E-state index in [1.165, 1.54) is 12.8 Å². The Balaban J connectivity index is 4.23. The van der Waals surface area contributed by atoms with E-state index in [1.807, 2.05) is 13.8 Å². The summed E-state index contributed by atoms with van der Waals surface area (Å²) < 4.78 is 0. The molecule has 0 aromatic carbocycles. The van der Waals surface area contributed by atoms with Crippen LogP contribution in [-0.2, 0) is 4.79 Å². The number of Topliss-reactive ketones (excluding diaryl/α,β-unsaturated/α-hetero) is 1. The molecule has 0 aromatic heterocycles. The molecule has 0 aliphatic rings. The normalized spacial score (nSPS) is 15.8. The van der Waals surface area contributed by atoms with Crippen LogP contribution in [0.4, 0.5) is 0 Å². The van der Waals surface area contributed by atoms with Crippen molar-refractivity contribution in [1.82, 2.24) is 0 Å². The number of carbonyl (C=O) groups is 1.